The van der Waals surface area contributed by atoms with E-state index < -0.39 is 33.6 Å². The highest BCUT2D eigenvalue weighted by Gasteiger charge is 2.25. The van der Waals surface area contributed by atoms with E-state index in [1.165, 1.54) is 18.2 Å². The van der Waals surface area contributed by atoms with Gasteiger partial charge in [0.25, 0.3) is 5.69 Å². The standard InChI is InChI=1S/C18H18N2O8S/c21-18(22)11-28-14-4-5-16-12(8-14)6-7-27-17(16)10-19-29(25,26)15-3-1-2-13(9-15)20(23)24/h1-5,8-9,17,19H,6-7,10-11H2,(H,21,22). The van der Waals surface area contributed by atoms with Crippen LogP contribution in [0.1, 0.15) is 17.2 Å². The third kappa shape index (κ3) is 5.08. The van der Waals surface area contributed by atoms with Gasteiger partial charge in [0.15, 0.2) is 6.61 Å². The number of nitrogens with one attached hydrogen (secondary N) is 1. The molecule has 0 saturated heterocycles. The van der Waals surface area contributed by atoms with Crippen molar-refractivity contribution in [3.8, 4) is 5.75 Å². The topological polar surface area (TPSA) is 145 Å². The SMILES string of the molecule is O=C(O)COc1ccc2c(c1)CCOC2CNS(=O)(=O)c1cccc([N+](=O)[O-])c1. The minimum Gasteiger partial charge on any atom is -0.482 e. The smallest absolute Gasteiger partial charge is 0.341 e. The summed E-state index contributed by atoms with van der Waals surface area (Å²) in [5.41, 5.74) is 1.32. The van der Waals surface area contributed by atoms with Crippen LogP contribution in [0.15, 0.2) is 47.4 Å². The van der Waals surface area contributed by atoms with E-state index in [0.29, 0.717) is 18.8 Å². The number of nitro benzene ring substituents is 1. The van der Waals surface area contributed by atoms with E-state index in [1.807, 2.05) is 0 Å². The summed E-state index contributed by atoms with van der Waals surface area (Å²) in [5, 5.41) is 19.6. The number of nitro groups is 1. The molecule has 1 heterocycles. The number of nitrogens with zero attached hydrogens (tertiary/aromatic N) is 1. The molecule has 0 spiro atoms. The Morgan fingerprint density at radius 3 is 2.83 bits per heavy atom. The lowest BCUT2D eigenvalue weighted by atomic mass is 9.97. The van der Waals surface area contributed by atoms with Crippen LogP contribution in [0.2, 0.25) is 0 Å². The van der Waals surface area contributed by atoms with Gasteiger partial charge in [-0.1, -0.05) is 12.1 Å². The van der Waals surface area contributed by atoms with Crippen molar-refractivity contribution < 1.29 is 32.7 Å². The molecule has 2 aromatic rings. The molecule has 2 aromatic carbocycles. The molecule has 1 aliphatic heterocycles. The number of carbonyl (C=O) groups is 1. The number of ether oxygens (including phenoxy) is 2. The highest BCUT2D eigenvalue weighted by Crippen LogP contribution is 2.30. The minimum absolute atomic E-state index is 0.0621. The second-order valence-corrected chi connectivity index (χ2v) is 8.03. The van der Waals surface area contributed by atoms with E-state index in [1.54, 1.807) is 18.2 Å². The van der Waals surface area contributed by atoms with Gasteiger partial charge >= 0.3 is 5.97 Å². The van der Waals surface area contributed by atoms with E-state index >= 15 is 0 Å². The Morgan fingerprint density at radius 2 is 2.10 bits per heavy atom. The molecule has 0 saturated carbocycles. The van der Waals surface area contributed by atoms with Crippen molar-refractivity contribution in [2.75, 3.05) is 19.8 Å². The summed E-state index contributed by atoms with van der Waals surface area (Å²) in [6, 6.07) is 9.79. The predicted molar refractivity (Wildman–Crippen MR) is 100 cm³/mol. The van der Waals surface area contributed by atoms with Crippen LogP contribution in [0.25, 0.3) is 0 Å². The van der Waals surface area contributed by atoms with Gasteiger partial charge in [-0.3, -0.25) is 10.1 Å². The van der Waals surface area contributed by atoms with E-state index in [0.717, 1.165) is 17.2 Å². The van der Waals surface area contributed by atoms with Crippen LogP contribution in [-0.4, -0.2) is 44.2 Å². The second kappa shape index (κ2) is 8.55. The second-order valence-electron chi connectivity index (χ2n) is 6.26. The average Bonchev–Trinajstić information content (AvgIpc) is 2.70. The number of benzene rings is 2. The normalized spacial score (nSPS) is 16.1. The number of carboxylic acids is 1. The van der Waals surface area contributed by atoms with Crippen molar-refractivity contribution in [2.45, 2.75) is 17.4 Å². The molecule has 154 valence electrons. The van der Waals surface area contributed by atoms with Gasteiger partial charge in [0, 0.05) is 18.7 Å². The van der Waals surface area contributed by atoms with Crippen molar-refractivity contribution in [1.29, 1.82) is 0 Å². The van der Waals surface area contributed by atoms with E-state index in [2.05, 4.69) is 4.72 Å². The lowest BCUT2D eigenvalue weighted by molar-refractivity contribution is -0.385. The summed E-state index contributed by atoms with van der Waals surface area (Å²) in [5.74, 6) is -0.677. The first kappa shape index (κ1) is 20.7. The summed E-state index contributed by atoms with van der Waals surface area (Å²) in [6.45, 7) is -0.159. The zero-order chi connectivity index (χ0) is 21.0. The Bertz CT molecular complexity index is 1040. The highest BCUT2D eigenvalue weighted by molar-refractivity contribution is 7.89. The Kier molecular flexibility index (Phi) is 6.11. The molecule has 0 fully saturated rings. The van der Waals surface area contributed by atoms with Crippen LogP contribution in [0.3, 0.4) is 0 Å². The summed E-state index contributed by atoms with van der Waals surface area (Å²) in [4.78, 5) is 20.6. The monoisotopic (exact) mass is 422 g/mol. The fraction of sp³-hybridized carbons (Fsp3) is 0.278. The molecule has 1 aliphatic rings. The number of carboxylic acid groups (broad SMARTS) is 1. The molecule has 2 N–H and O–H groups in total. The van der Waals surface area contributed by atoms with E-state index in [4.69, 9.17) is 14.6 Å². The predicted octanol–water partition coefficient (Wildman–Crippen LogP) is 1.65. The first-order valence-electron chi connectivity index (χ1n) is 8.59. The Balaban J connectivity index is 1.72. The van der Waals surface area contributed by atoms with Crippen molar-refractivity contribution in [2.24, 2.45) is 0 Å². The number of fused-ring (bicyclic) bond motifs is 1. The van der Waals surface area contributed by atoms with Crippen molar-refractivity contribution in [3.05, 3.63) is 63.7 Å². The Hall–Kier alpha value is -3.02. The summed E-state index contributed by atoms with van der Waals surface area (Å²) in [7, 11) is -3.97. The fourth-order valence-corrected chi connectivity index (χ4v) is 4.02. The third-order valence-corrected chi connectivity index (χ3v) is 5.73. The molecule has 1 atom stereocenters. The van der Waals surface area contributed by atoms with Gasteiger partial charge < -0.3 is 14.6 Å². The van der Waals surface area contributed by atoms with Gasteiger partial charge in [0.1, 0.15) is 5.75 Å². The zero-order valence-corrected chi connectivity index (χ0v) is 15.9. The van der Waals surface area contributed by atoms with Crippen LogP contribution >= 0.6 is 0 Å². The first-order valence-corrected chi connectivity index (χ1v) is 10.1. The highest BCUT2D eigenvalue weighted by atomic mass is 32.2. The average molecular weight is 422 g/mol. The maximum atomic E-state index is 12.5. The Morgan fingerprint density at radius 1 is 1.31 bits per heavy atom. The zero-order valence-electron chi connectivity index (χ0n) is 15.1. The van der Waals surface area contributed by atoms with Gasteiger partial charge in [-0.15, -0.1) is 0 Å². The summed E-state index contributed by atoms with van der Waals surface area (Å²) < 4.78 is 38.3. The van der Waals surface area contributed by atoms with Gasteiger partial charge in [-0.2, -0.15) is 0 Å². The molecule has 0 amide bonds. The third-order valence-electron chi connectivity index (χ3n) is 4.31. The maximum Gasteiger partial charge on any atom is 0.341 e. The minimum atomic E-state index is -3.97. The number of non-ortho nitro benzene ring substituents is 1. The van der Waals surface area contributed by atoms with Gasteiger partial charge in [0.05, 0.1) is 22.5 Å². The summed E-state index contributed by atoms with van der Waals surface area (Å²) in [6.07, 6.45) is 0.0223. The quantitative estimate of drug-likeness (QED) is 0.482. The number of hydrogen-bond donors (Lipinski definition) is 2. The molecule has 0 aliphatic carbocycles. The number of sulfonamides is 1. The van der Waals surface area contributed by atoms with Gasteiger partial charge in [-0.05, 0) is 35.7 Å². The van der Waals surface area contributed by atoms with Crippen molar-refractivity contribution >= 4 is 21.7 Å². The van der Waals surface area contributed by atoms with E-state index in [-0.39, 0.29) is 17.1 Å². The fourth-order valence-electron chi connectivity index (χ4n) is 2.95. The molecule has 29 heavy (non-hydrogen) atoms. The largest absolute Gasteiger partial charge is 0.482 e. The molecular formula is C18H18N2O8S. The number of aliphatic carboxylic acids is 1. The number of rotatable bonds is 8. The lowest BCUT2D eigenvalue weighted by Gasteiger charge is -2.26. The lowest BCUT2D eigenvalue weighted by Crippen LogP contribution is -2.32. The van der Waals surface area contributed by atoms with Crippen LogP contribution in [-0.2, 0) is 26.0 Å². The molecule has 10 nitrogen and oxygen atoms in total. The molecular weight excluding hydrogens is 404 g/mol. The van der Waals surface area contributed by atoms with Gasteiger partial charge in [-0.25, -0.2) is 17.9 Å². The van der Waals surface area contributed by atoms with Crippen molar-refractivity contribution in [1.82, 2.24) is 4.72 Å². The number of hydrogen-bond acceptors (Lipinski definition) is 7. The Labute approximate surface area is 166 Å². The molecule has 0 aromatic heterocycles. The van der Waals surface area contributed by atoms with E-state index in [9.17, 15) is 23.3 Å². The summed E-state index contributed by atoms with van der Waals surface area (Å²) >= 11 is 0. The molecule has 3 rings (SSSR count). The van der Waals surface area contributed by atoms with Crippen LogP contribution < -0.4 is 9.46 Å². The molecule has 11 heteroatoms. The van der Waals surface area contributed by atoms with Crippen LogP contribution in [0.5, 0.6) is 5.75 Å². The molecule has 0 bridgehead atoms. The maximum absolute atomic E-state index is 12.5. The van der Waals surface area contributed by atoms with Gasteiger partial charge in [0.2, 0.25) is 10.0 Å². The van der Waals surface area contributed by atoms with Crippen LogP contribution in [0.4, 0.5) is 5.69 Å². The first-order chi connectivity index (χ1) is 13.8. The van der Waals surface area contributed by atoms with Crippen LogP contribution in [0, 0.1) is 10.1 Å². The van der Waals surface area contributed by atoms with Crippen molar-refractivity contribution in [3.63, 3.8) is 0 Å². The molecule has 1 unspecified atom stereocenters. The molecule has 0 radical (unpaired) electrons.